The standard InChI is InChI=1S/C16H13FO3/c1-16(17,15(19)20)13-9-5-8-12(10-13)14(18)11-6-3-2-4-7-11/h2-10H,1H3,(H,19,20)/t16-/m1/s1. The van der Waals surface area contributed by atoms with Crippen LogP contribution >= 0.6 is 0 Å². The van der Waals surface area contributed by atoms with Crippen LogP contribution in [-0.2, 0) is 10.5 Å². The molecule has 0 saturated carbocycles. The van der Waals surface area contributed by atoms with Gasteiger partial charge in [0, 0.05) is 16.7 Å². The maximum absolute atomic E-state index is 14.1. The Morgan fingerprint density at radius 3 is 2.20 bits per heavy atom. The number of rotatable bonds is 4. The van der Waals surface area contributed by atoms with E-state index in [1.165, 1.54) is 24.3 Å². The van der Waals surface area contributed by atoms with Crippen molar-refractivity contribution in [1.29, 1.82) is 0 Å². The largest absolute Gasteiger partial charge is 0.479 e. The Morgan fingerprint density at radius 1 is 1.00 bits per heavy atom. The van der Waals surface area contributed by atoms with Gasteiger partial charge in [-0.25, -0.2) is 9.18 Å². The first kappa shape index (κ1) is 13.9. The van der Waals surface area contributed by atoms with Gasteiger partial charge in [0.15, 0.2) is 5.78 Å². The van der Waals surface area contributed by atoms with Crippen LogP contribution in [0.25, 0.3) is 0 Å². The number of benzene rings is 2. The molecule has 0 aliphatic rings. The monoisotopic (exact) mass is 272 g/mol. The lowest BCUT2D eigenvalue weighted by atomic mass is 9.94. The molecule has 4 heteroatoms. The second-order valence-corrected chi connectivity index (χ2v) is 4.58. The van der Waals surface area contributed by atoms with E-state index < -0.39 is 11.6 Å². The van der Waals surface area contributed by atoms with E-state index in [2.05, 4.69) is 0 Å². The van der Waals surface area contributed by atoms with E-state index >= 15 is 0 Å². The Hall–Kier alpha value is -2.49. The van der Waals surface area contributed by atoms with Crippen LogP contribution in [0.2, 0.25) is 0 Å². The molecule has 0 unspecified atom stereocenters. The lowest BCUT2D eigenvalue weighted by molar-refractivity contribution is -0.150. The highest BCUT2D eigenvalue weighted by Crippen LogP contribution is 2.27. The number of carbonyl (C=O) groups excluding carboxylic acids is 1. The van der Waals surface area contributed by atoms with Gasteiger partial charge in [0.05, 0.1) is 0 Å². The highest BCUT2D eigenvalue weighted by molar-refractivity contribution is 6.09. The molecule has 2 rings (SSSR count). The van der Waals surface area contributed by atoms with Gasteiger partial charge < -0.3 is 5.11 Å². The van der Waals surface area contributed by atoms with Gasteiger partial charge in [0.25, 0.3) is 0 Å². The Balaban J connectivity index is 2.41. The van der Waals surface area contributed by atoms with E-state index in [9.17, 15) is 14.0 Å². The van der Waals surface area contributed by atoms with Crippen molar-refractivity contribution in [1.82, 2.24) is 0 Å². The molecule has 0 aliphatic heterocycles. The van der Waals surface area contributed by atoms with E-state index in [1.807, 2.05) is 0 Å². The Morgan fingerprint density at radius 2 is 1.60 bits per heavy atom. The molecule has 0 aliphatic carbocycles. The molecule has 2 aromatic rings. The first-order valence-corrected chi connectivity index (χ1v) is 6.05. The minimum Gasteiger partial charge on any atom is -0.479 e. The number of aliphatic carboxylic acids is 1. The molecule has 0 spiro atoms. The highest BCUT2D eigenvalue weighted by Gasteiger charge is 2.35. The quantitative estimate of drug-likeness (QED) is 0.870. The summed E-state index contributed by atoms with van der Waals surface area (Å²) in [6, 6.07) is 14.2. The number of carbonyl (C=O) groups is 2. The minimum atomic E-state index is -2.52. The molecular formula is C16H13FO3. The maximum atomic E-state index is 14.1. The summed E-state index contributed by atoms with van der Waals surface area (Å²) in [5.41, 5.74) is -1.83. The number of ketones is 1. The van der Waals surface area contributed by atoms with E-state index in [1.54, 1.807) is 30.3 Å². The molecule has 0 amide bonds. The number of carboxylic acids is 1. The zero-order valence-corrected chi connectivity index (χ0v) is 10.8. The normalized spacial score (nSPS) is 13.5. The molecule has 0 saturated heterocycles. The molecule has 0 radical (unpaired) electrons. The summed E-state index contributed by atoms with van der Waals surface area (Å²) in [5, 5.41) is 8.88. The number of hydrogen-bond donors (Lipinski definition) is 1. The van der Waals surface area contributed by atoms with Crippen LogP contribution < -0.4 is 0 Å². The number of hydrogen-bond acceptors (Lipinski definition) is 2. The Kier molecular flexibility index (Phi) is 3.66. The van der Waals surface area contributed by atoms with Gasteiger partial charge >= 0.3 is 5.97 Å². The van der Waals surface area contributed by atoms with E-state index in [0.717, 1.165) is 6.92 Å². The molecule has 102 valence electrons. The van der Waals surface area contributed by atoms with Gasteiger partial charge in [-0.3, -0.25) is 4.79 Å². The summed E-state index contributed by atoms with van der Waals surface area (Å²) in [4.78, 5) is 23.1. The van der Waals surface area contributed by atoms with Gasteiger partial charge in [-0.2, -0.15) is 0 Å². The van der Waals surface area contributed by atoms with Crippen LogP contribution in [0.4, 0.5) is 4.39 Å². The van der Waals surface area contributed by atoms with Gasteiger partial charge in [0.1, 0.15) is 0 Å². The van der Waals surface area contributed by atoms with Crippen LogP contribution in [0.1, 0.15) is 28.4 Å². The molecule has 20 heavy (non-hydrogen) atoms. The molecule has 0 fully saturated rings. The van der Waals surface area contributed by atoms with Crippen molar-refractivity contribution < 1.29 is 19.1 Å². The second kappa shape index (κ2) is 5.25. The van der Waals surface area contributed by atoms with Crippen LogP contribution in [-0.4, -0.2) is 16.9 Å². The van der Waals surface area contributed by atoms with Crippen molar-refractivity contribution in [2.45, 2.75) is 12.6 Å². The third-order valence-electron chi connectivity index (χ3n) is 3.10. The Labute approximate surface area is 115 Å². The predicted molar refractivity (Wildman–Crippen MR) is 72.4 cm³/mol. The number of alkyl halides is 1. The molecule has 1 atom stereocenters. The van der Waals surface area contributed by atoms with Gasteiger partial charge in [-0.1, -0.05) is 48.5 Å². The maximum Gasteiger partial charge on any atom is 0.345 e. The molecule has 0 heterocycles. The predicted octanol–water partition coefficient (Wildman–Crippen LogP) is 3.19. The lowest BCUT2D eigenvalue weighted by Crippen LogP contribution is -2.27. The fourth-order valence-electron chi connectivity index (χ4n) is 1.83. The molecule has 1 N–H and O–H groups in total. The van der Waals surface area contributed by atoms with Crippen molar-refractivity contribution in [2.24, 2.45) is 0 Å². The summed E-state index contributed by atoms with van der Waals surface area (Å²) in [5.74, 6) is -1.85. The average Bonchev–Trinajstić information content (AvgIpc) is 2.47. The molecule has 3 nitrogen and oxygen atoms in total. The van der Waals surface area contributed by atoms with Crippen molar-refractivity contribution in [3.63, 3.8) is 0 Å². The molecule has 0 bridgehead atoms. The summed E-state index contributed by atoms with van der Waals surface area (Å²) in [6.45, 7) is 0.960. The fraction of sp³-hybridized carbons (Fsp3) is 0.125. The number of halogens is 1. The summed E-state index contributed by atoms with van der Waals surface area (Å²) in [6.07, 6.45) is 0. The smallest absolute Gasteiger partial charge is 0.345 e. The topological polar surface area (TPSA) is 54.4 Å². The van der Waals surface area contributed by atoms with Crippen molar-refractivity contribution in [3.05, 3.63) is 71.3 Å². The lowest BCUT2D eigenvalue weighted by Gasteiger charge is -2.16. The summed E-state index contributed by atoms with van der Waals surface area (Å²) < 4.78 is 14.1. The molecule has 2 aromatic carbocycles. The zero-order valence-electron chi connectivity index (χ0n) is 10.8. The number of carboxylic acid groups (broad SMARTS) is 1. The first-order valence-electron chi connectivity index (χ1n) is 6.05. The van der Waals surface area contributed by atoms with E-state index in [4.69, 9.17) is 5.11 Å². The van der Waals surface area contributed by atoms with Crippen LogP contribution in [0.3, 0.4) is 0 Å². The van der Waals surface area contributed by atoms with E-state index in [-0.39, 0.29) is 16.9 Å². The van der Waals surface area contributed by atoms with Gasteiger partial charge in [-0.15, -0.1) is 0 Å². The van der Waals surface area contributed by atoms with Crippen molar-refractivity contribution >= 4 is 11.8 Å². The summed E-state index contributed by atoms with van der Waals surface area (Å²) >= 11 is 0. The summed E-state index contributed by atoms with van der Waals surface area (Å²) in [7, 11) is 0. The van der Waals surface area contributed by atoms with Crippen molar-refractivity contribution in [2.75, 3.05) is 0 Å². The fourth-order valence-corrected chi connectivity index (χ4v) is 1.83. The minimum absolute atomic E-state index is 0.0493. The SMILES string of the molecule is C[C@](F)(C(=O)O)c1cccc(C(=O)c2ccccc2)c1. The zero-order chi connectivity index (χ0) is 14.8. The van der Waals surface area contributed by atoms with Crippen LogP contribution in [0.15, 0.2) is 54.6 Å². The van der Waals surface area contributed by atoms with Crippen LogP contribution in [0.5, 0.6) is 0 Å². The third kappa shape index (κ3) is 2.59. The highest BCUT2D eigenvalue weighted by atomic mass is 19.1. The van der Waals surface area contributed by atoms with Gasteiger partial charge in [-0.05, 0) is 13.0 Å². The van der Waals surface area contributed by atoms with E-state index in [0.29, 0.717) is 5.56 Å². The molecular weight excluding hydrogens is 259 g/mol. The Bertz CT molecular complexity index is 648. The molecule has 0 aromatic heterocycles. The average molecular weight is 272 g/mol. The van der Waals surface area contributed by atoms with Crippen molar-refractivity contribution in [3.8, 4) is 0 Å². The third-order valence-corrected chi connectivity index (χ3v) is 3.10. The second-order valence-electron chi connectivity index (χ2n) is 4.58. The van der Waals surface area contributed by atoms with Gasteiger partial charge in [0.2, 0.25) is 5.67 Å². The first-order chi connectivity index (χ1) is 9.43. The van der Waals surface area contributed by atoms with Crippen LogP contribution in [0, 0.1) is 0 Å².